The molecule has 6 nitrogen and oxygen atoms in total. The van der Waals surface area contributed by atoms with Gasteiger partial charge >= 0.3 is 0 Å². The lowest BCUT2D eigenvalue weighted by atomic mass is 9.77. The summed E-state index contributed by atoms with van der Waals surface area (Å²) in [7, 11) is -2.84. The Balaban J connectivity index is 1.43. The van der Waals surface area contributed by atoms with Gasteiger partial charge in [0.1, 0.15) is 0 Å². The number of carbonyl (C=O) groups excluding carboxylic acids is 1. The summed E-state index contributed by atoms with van der Waals surface area (Å²) in [4.78, 5) is 19.3. The van der Waals surface area contributed by atoms with Crippen LogP contribution in [0.5, 0.6) is 0 Å². The van der Waals surface area contributed by atoms with Crippen molar-refractivity contribution >= 4 is 15.7 Å². The Morgan fingerprint density at radius 2 is 1.67 bits per heavy atom. The highest BCUT2D eigenvalue weighted by molar-refractivity contribution is 7.91. The predicted molar refractivity (Wildman–Crippen MR) is 108 cm³/mol. The Bertz CT molecular complexity index is 621. The van der Waals surface area contributed by atoms with E-state index in [9.17, 15) is 13.2 Å². The minimum Gasteiger partial charge on any atom is -0.339 e. The summed E-state index contributed by atoms with van der Waals surface area (Å²) in [6.45, 7) is 12.6. The van der Waals surface area contributed by atoms with Crippen molar-refractivity contribution in [3.63, 3.8) is 0 Å². The Morgan fingerprint density at radius 3 is 2.26 bits per heavy atom. The molecule has 0 aromatic carbocycles. The minimum atomic E-state index is -2.84. The van der Waals surface area contributed by atoms with Crippen molar-refractivity contribution in [1.29, 1.82) is 0 Å². The number of hydrogen-bond acceptors (Lipinski definition) is 5. The molecule has 0 aromatic rings. The van der Waals surface area contributed by atoms with Crippen LogP contribution >= 0.6 is 0 Å². The van der Waals surface area contributed by atoms with Gasteiger partial charge in [0.25, 0.3) is 0 Å². The van der Waals surface area contributed by atoms with Gasteiger partial charge in [0.05, 0.1) is 18.1 Å². The van der Waals surface area contributed by atoms with Crippen LogP contribution in [0.1, 0.15) is 46.5 Å². The van der Waals surface area contributed by atoms with Gasteiger partial charge in [0, 0.05) is 32.2 Å². The van der Waals surface area contributed by atoms with Gasteiger partial charge in [-0.3, -0.25) is 14.6 Å². The van der Waals surface area contributed by atoms with Crippen molar-refractivity contribution in [2.24, 2.45) is 11.3 Å². The number of sulfone groups is 1. The molecule has 7 heteroatoms. The van der Waals surface area contributed by atoms with E-state index in [1.807, 2.05) is 4.90 Å². The third kappa shape index (κ3) is 5.67. The molecule has 3 rings (SSSR count). The lowest BCUT2D eigenvalue weighted by Gasteiger charge is -2.38. The van der Waals surface area contributed by atoms with E-state index in [-0.39, 0.29) is 11.9 Å². The van der Waals surface area contributed by atoms with Crippen LogP contribution in [0.3, 0.4) is 0 Å². The first-order chi connectivity index (χ1) is 12.6. The molecule has 0 spiro atoms. The smallest absolute Gasteiger partial charge is 0.236 e. The van der Waals surface area contributed by atoms with Crippen molar-refractivity contribution in [2.45, 2.75) is 52.5 Å². The zero-order valence-corrected chi connectivity index (χ0v) is 18.1. The first-order valence-corrected chi connectivity index (χ1v) is 12.4. The Kier molecular flexibility index (Phi) is 6.53. The molecule has 3 heterocycles. The van der Waals surface area contributed by atoms with Crippen LogP contribution in [0.2, 0.25) is 0 Å². The molecule has 3 aliphatic rings. The molecule has 2 unspecified atom stereocenters. The molecule has 0 bridgehead atoms. The van der Waals surface area contributed by atoms with Gasteiger partial charge < -0.3 is 4.90 Å². The molecule has 0 saturated carbocycles. The van der Waals surface area contributed by atoms with Crippen LogP contribution in [-0.4, -0.2) is 92.4 Å². The molecule has 1 amide bonds. The van der Waals surface area contributed by atoms with Gasteiger partial charge in [-0.05, 0) is 50.1 Å². The first kappa shape index (κ1) is 21.1. The molecule has 27 heavy (non-hydrogen) atoms. The average molecular weight is 400 g/mol. The number of rotatable bonds is 3. The second kappa shape index (κ2) is 8.37. The minimum absolute atomic E-state index is 0.159. The number of piperazine rings is 1. The van der Waals surface area contributed by atoms with Crippen LogP contribution in [0, 0.1) is 11.3 Å². The van der Waals surface area contributed by atoms with Gasteiger partial charge in [0.2, 0.25) is 5.91 Å². The highest BCUT2D eigenvalue weighted by Gasteiger charge is 2.34. The molecule has 156 valence electrons. The number of amides is 1. The average Bonchev–Trinajstić information content (AvgIpc) is 2.80. The Morgan fingerprint density at radius 1 is 0.963 bits per heavy atom. The fourth-order valence-corrected chi connectivity index (χ4v) is 6.63. The molecular weight excluding hydrogens is 362 g/mol. The fourth-order valence-electron chi connectivity index (χ4n) is 4.87. The van der Waals surface area contributed by atoms with Gasteiger partial charge in [-0.15, -0.1) is 0 Å². The molecule has 3 aliphatic heterocycles. The summed E-state index contributed by atoms with van der Waals surface area (Å²) >= 11 is 0. The lowest BCUT2D eigenvalue weighted by molar-refractivity contribution is -0.134. The third-order valence-electron chi connectivity index (χ3n) is 6.80. The van der Waals surface area contributed by atoms with Crippen LogP contribution in [0.25, 0.3) is 0 Å². The topological polar surface area (TPSA) is 60.9 Å². The second-order valence-electron chi connectivity index (χ2n) is 9.74. The summed E-state index contributed by atoms with van der Waals surface area (Å²) in [6.07, 6.45) is 4.37. The maximum atomic E-state index is 12.8. The van der Waals surface area contributed by atoms with Gasteiger partial charge in [-0.1, -0.05) is 20.8 Å². The quantitative estimate of drug-likeness (QED) is 0.719. The van der Waals surface area contributed by atoms with E-state index in [0.29, 0.717) is 23.5 Å². The normalized spacial score (nSPS) is 31.0. The van der Waals surface area contributed by atoms with E-state index in [4.69, 9.17) is 0 Å². The van der Waals surface area contributed by atoms with E-state index in [2.05, 4.69) is 30.6 Å². The van der Waals surface area contributed by atoms with Crippen LogP contribution < -0.4 is 0 Å². The number of hydrogen-bond donors (Lipinski definition) is 0. The standard InChI is InChI=1S/C20H37N3O3S/c1-20(2,3)17-5-4-8-21(9-6-17)15-19(24)23-12-10-22(11-13-23)18-7-14-27(25,26)16-18/h17-18H,4-16H2,1-3H3. The molecular formula is C20H37N3O3S. The maximum Gasteiger partial charge on any atom is 0.236 e. The molecule has 3 fully saturated rings. The van der Waals surface area contributed by atoms with Crippen LogP contribution in [0.4, 0.5) is 0 Å². The molecule has 0 radical (unpaired) electrons. The molecule has 0 N–H and O–H groups in total. The summed E-state index contributed by atoms with van der Waals surface area (Å²) in [6, 6.07) is 0.159. The van der Waals surface area contributed by atoms with E-state index >= 15 is 0 Å². The summed E-state index contributed by atoms with van der Waals surface area (Å²) in [5.74, 6) is 1.59. The van der Waals surface area contributed by atoms with Crippen molar-refractivity contribution in [3.8, 4) is 0 Å². The van der Waals surface area contributed by atoms with Crippen LogP contribution in [0.15, 0.2) is 0 Å². The predicted octanol–water partition coefficient (Wildman–Crippen LogP) is 1.47. The SMILES string of the molecule is CC(C)(C)C1CCCN(CC(=O)N2CCN(C3CCS(=O)(=O)C3)CC2)CC1. The maximum absolute atomic E-state index is 12.8. The number of nitrogens with zero attached hydrogens (tertiary/aromatic N) is 3. The van der Waals surface area contributed by atoms with Crippen molar-refractivity contribution in [1.82, 2.24) is 14.7 Å². The summed E-state index contributed by atoms with van der Waals surface area (Å²) in [5.41, 5.74) is 0.351. The Labute approximate surface area is 165 Å². The van der Waals surface area contributed by atoms with Crippen molar-refractivity contribution < 1.29 is 13.2 Å². The molecule has 2 atom stereocenters. The molecule has 3 saturated heterocycles. The molecule has 0 aromatic heterocycles. The summed E-state index contributed by atoms with van der Waals surface area (Å²) in [5, 5.41) is 0. The fraction of sp³-hybridized carbons (Fsp3) is 0.950. The van der Waals surface area contributed by atoms with E-state index in [1.54, 1.807) is 0 Å². The highest BCUT2D eigenvalue weighted by atomic mass is 32.2. The monoisotopic (exact) mass is 399 g/mol. The van der Waals surface area contributed by atoms with Crippen LogP contribution in [-0.2, 0) is 14.6 Å². The van der Waals surface area contributed by atoms with E-state index in [0.717, 1.165) is 51.6 Å². The number of likely N-dealkylation sites (tertiary alicyclic amines) is 1. The largest absolute Gasteiger partial charge is 0.339 e. The van der Waals surface area contributed by atoms with Crippen molar-refractivity contribution in [2.75, 3.05) is 57.3 Å². The zero-order chi connectivity index (χ0) is 19.7. The van der Waals surface area contributed by atoms with Gasteiger partial charge in [-0.25, -0.2) is 8.42 Å². The van der Waals surface area contributed by atoms with Gasteiger partial charge in [-0.2, -0.15) is 0 Å². The van der Waals surface area contributed by atoms with E-state index < -0.39 is 9.84 Å². The third-order valence-corrected chi connectivity index (χ3v) is 8.55. The lowest BCUT2D eigenvalue weighted by Crippen LogP contribution is -2.54. The van der Waals surface area contributed by atoms with Gasteiger partial charge in [0.15, 0.2) is 9.84 Å². The second-order valence-corrected chi connectivity index (χ2v) is 12.0. The van der Waals surface area contributed by atoms with E-state index in [1.165, 1.54) is 19.3 Å². The highest BCUT2D eigenvalue weighted by Crippen LogP contribution is 2.34. The number of carbonyl (C=O) groups is 1. The molecule has 0 aliphatic carbocycles. The first-order valence-electron chi connectivity index (χ1n) is 10.6. The van der Waals surface area contributed by atoms with Crippen molar-refractivity contribution in [3.05, 3.63) is 0 Å². The zero-order valence-electron chi connectivity index (χ0n) is 17.3. The Hall–Kier alpha value is -0.660. The summed E-state index contributed by atoms with van der Waals surface area (Å²) < 4.78 is 23.4.